The average Bonchev–Trinajstić information content (AvgIpc) is 3.00. The number of nitrogens with one attached hydrogen (secondary N) is 2. The van der Waals surface area contributed by atoms with Gasteiger partial charge in [0.05, 0.1) is 17.4 Å². The highest BCUT2D eigenvalue weighted by atomic mass is 16.5. The van der Waals surface area contributed by atoms with Crippen LogP contribution in [-0.2, 0) is 9.53 Å². The number of rotatable bonds is 5. The summed E-state index contributed by atoms with van der Waals surface area (Å²) in [4.78, 5) is 24.5. The first-order valence-corrected chi connectivity index (χ1v) is 8.18. The summed E-state index contributed by atoms with van der Waals surface area (Å²) in [5.41, 5.74) is 0.517. The maximum Gasteiger partial charge on any atom is 0.253 e. The number of hydrogen-bond donors (Lipinski definition) is 2. The molecule has 1 aliphatic heterocycles. The van der Waals surface area contributed by atoms with Crippen LogP contribution in [0.4, 0.5) is 5.69 Å². The Morgan fingerprint density at radius 1 is 1.26 bits per heavy atom. The number of amides is 2. The second-order valence-corrected chi connectivity index (χ2v) is 6.93. The summed E-state index contributed by atoms with van der Waals surface area (Å²) < 4.78 is 5.55. The molecule has 1 fully saturated rings. The van der Waals surface area contributed by atoms with E-state index in [0.717, 1.165) is 25.9 Å². The number of para-hydroxylation sites is 1. The molecule has 1 aliphatic rings. The molecule has 2 N–H and O–H groups in total. The van der Waals surface area contributed by atoms with Crippen molar-refractivity contribution < 1.29 is 14.3 Å². The van der Waals surface area contributed by atoms with Gasteiger partial charge in [0.1, 0.15) is 0 Å². The molecule has 0 radical (unpaired) electrons. The second-order valence-electron chi connectivity index (χ2n) is 6.93. The molecule has 1 saturated heterocycles. The van der Waals surface area contributed by atoms with E-state index in [1.807, 2.05) is 20.8 Å². The smallest absolute Gasteiger partial charge is 0.253 e. The molecule has 0 spiro atoms. The molecule has 0 bridgehead atoms. The zero-order valence-corrected chi connectivity index (χ0v) is 14.1. The first-order chi connectivity index (χ1) is 10.9. The fourth-order valence-corrected chi connectivity index (χ4v) is 2.41. The quantitative estimate of drug-likeness (QED) is 0.877. The summed E-state index contributed by atoms with van der Waals surface area (Å²) in [5, 5.41) is 5.75. The topological polar surface area (TPSA) is 67.4 Å². The molecule has 1 heterocycles. The Morgan fingerprint density at radius 3 is 2.65 bits per heavy atom. The van der Waals surface area contributed by atoms with Gasteiger partial charge in [-0.1, -0.05) is 32.9 Å². The minimum atomic E-state index is -0.511. The molecule has 126 valence electrons. The molecule has 0 aromatic heterocycles. The fourth-order valence-electron chi connectivity index (χ4n) is 2.41. The van der Waals surface area contributed by atoms with Gasteiger partial charge < -0.3 is 15.4 Å². The number of carbonyl (C=O) groups excluding carboxylic acids is 2. The van der Waals surface area contributed by atoms with Gasteiger partial charge in [0.2, 0.25) is 5.91 Å². The molecule has 2 amide bonds. The Balaban J connectivity index is 1.95. The average molecular weight is 318 g/mol. The molecule has 0 aliphatic carbocycles. The molecule has 1 aromatic carbocycles. The maximum atomic E-state index is 12.4. The number of anilines is 1. The molecule has 1 aromatic rings. The van der Waals surface area contributed by atoms with E-state index in [2.05, 4.69) is 10.6 Å². The molecule has 1 atom stereocenters. The normalized spacial score (nSPS) is 17.8. The second kappa shape index (κ2) is 7.59. The summed E-state index contributed by atoms with van der Waals surface area (Å²) in [7, 11) is 0. The highest BCUT2D eigenvalue weighted by Crippen LogP contribution is 2.20. The van der Waals surface area contributed by atoms with Gasteiger partial charge in [-0.2, -0.15) is 0 Å². The van der Waals surface area contributed by atoms with Crippen LogP contribution in [0.2, 0.25) is 0 Å². The minimum Gasteiger partial charge on any atom is -0.378 e. The van der Waals surface area contributed by atoms with E-state index in [1.54, 1.807) is 24.3 Å². The van der Waals surface area contributed by atoms with Gasteiger partial charge in [-0.05, 0) is 31.4 Å². The van der Waals surface area contributed by atoms with E-state index in [1.165, 1.54) is 0 Å². The van der Waals surface area contributed by atoms with Crippen molar-refractivity contribution in [3.05, 3.63) is 29.8 Å². The lowest BCUT2D eigenvalue weighted by molar-refractivity contribution is -0.123. The lowest BCUT2D eigenvalue weighted by atomic mass is 9.95. The van der Waals surface area contributed by atoms with Gasteiger partial charge >= 0.3 is 0 Å². The van der Waals surface area contributed by atoms with Crippen LogP contribution in [0.15, 0.2) is 24.3 Å². The summed E-state index contributed by atoms with van der Waals surface area (Å²) >= 11 is 0. The third-order valence-electron chi connectivity index (χ3n) is 3.88. The van der Waals surface area contributed by atoms with Crippen LogP contribution < -0.4 is 10.6 Å². The van der Waals surface area contributed by atoms with E-state index in [9.17, 15) is 9.59 Å². The van der Waals surface area contributed by atoms with Crippen LogP contribution in [0.3, 0.4) is 0 Å². The van der Waals surface area contributed by atoms with E-state index in [0.29, 0.717) is 17.8 Å². The zero-order valence-electron chi connectivity index (χ0n) is 14.1. The van der Waals surface area contributed by atoms with Gasteiger partial charge in [0.15, 0.2) is 0 Å². The van der Waals surface area contributed by atoms with Crippen molar-refractivity contribution in [2.24, 2.45) is 5.41 Å². The monoisotopic (exact) mass is 318 g/mol. The van der Waals surface area contributed by atoms with Crippen molar-refractivity contribution in [1.29, 1.82) is 0 Å². The number of ether oxygens (including phenoxy) is 1. The molecule has 5 heteroatoms. The molecule has 0 unspecified atom stereocenters. The van der Waals surface area contributed by atoms with Crippen LogP contribution >= 0.6 is 0 Å². The van der Waals surface area contributed by atoms with Crippen molar-refractivity contribution in [3.63, 3.8) is 0 Å². The van der Waals surface area contributed by atoms with E-state index >= 15 is 0 Å². The highest BCUT2D eigenvalue weighted by Gasteiger charge is 2.23. The third kappa shape index (κ3) is 5.06. The van der Waals surface area contributed by atoms with E-state index < -0.39 is 5.41 Å². The standard InChI is InChI=1S/C18H26N2O3/c1-18(2,3)17(22)20-15-9-5-4-8-14(15)16(21)19-11-10-13-7-6-12-23-13/h4-5,8-9,13H,6-7,10-12H2,1-3H3,(H,19,21)(H,20,22)/t13-/m0/s1. The minimum absolute atomic E-state index is 0.114. The Labute approximate surface area is 137 Å². The SMILES string of the molecule is CC(C)(C)C(=O)Nc1ccccc1C(=O)NCC[C@@H]1CCCO1. The van der Waals surface area contributed by atoms with Gasteiger partial charge in [-0.25, -0.2) is 0 Å². The summed E-state index contributed by atoms with van der Waals surface area (Å²) in [6.07, 6.45) is 3.24. The Morgan fingerprint density at radius 2 is 2.00 bits per heavy atom. The van der Waals surface area contributed by atoms with Crippen molar-refractivity contribution in [2.75, 3.05) is 18.5 Å². The summed E-state index contributed by atoms with van der Waals surface area (Å²) in [5.74, 6) is -0.287. The molecule has 2 rings (SSSR count). The first-order valence-electron chi connectivity index (χ1n) is 8.18. The van der Waals surface area contributed by atoms with Crippen LogP contribution in [0.25, 0.3) is 0 Å². The lowest BCUT2D eigenvalue weighted by Crippen LogP contribution is -2.31. The zero-order chi connectivity index (χ0) is 16.9. The number of benzene rings is 1. The molecular weight excluding hydrogens is 292 g/mol. The Hall–Kier alpha value is -1.88. The van der Waals surface area contributed by atoms with Crippen LogP contribution in [0.1, 0.15) is 50.4 Å². The van der Waals surface area contributed by atoms with E-state index in [-0.39, 0.29) is 17.9 Å². The van der Waals surface area contributed by atoms with E-state index in [4.69, 9.17) is 4.74 Å². The number of hydrogen-bond acceptors (Lipinski definition) is 3. The highest BCUT2D eigenvalue weighted by molar-refractivity contribution is 6.04. The van der Waals surface area contributed by atoms with Crippen molar-refractivity contribution in [1.82, 2.24) is 5.32 Å². The van der Waals surface area contributed by atoms with Gasteiger partial charge in [-0.3, -0.25) is 9.59 Å². The van der Waals surface area contributed by atoms with Crippen LogP contribution in [0, 0.1) is 5.41 Å². The predicted octanol–water partition coefficient (Wildman–Crippen LogP) is 2.97. The van der Waals surface area contributed by atoms with Crippen LogP contribution in [-0.4, -0.2) is 31.1 Å². The van der Waals surface area contributed by atoms with Crippen LogP contribution in [0.5, 0.6) is 0 Å². The predicted molar refractivity (Wildman–Crippen MR) is 90.5 cm³/mol. The lowest BCUT2D eigenvalue weighted by Gasteiger charge is -2.19. The third-order valence-corrected chi connectivity index (χ3v) is 3.88. The fraction of sp³-hybridized carbons (Fsp3) is 0.556. The summed E-state index contributed by atoms with van der Waals surface area (Å²) in [6, 6.07) is 7.07. The summed E-state index contributed by atoms with van der Waals surface area (Å²) in [6.45, 7) is 6.91. The maximum absolute atomic E-state index is 12.4. The largest absolute Gasteiger partial charge is 0.378 e. The first kappa shape index (κ1) is 17.5. The Kier molecular flexibility index (Phi) is 5.77. The molecule has 23 heavy (non-hydrogen) atoms. The number of carbonyl (C=O) groups is 2. The van der Waals surface area contributed by atoms with Gasteiger partial charge in [0.25, 0.3) is 5.91 Å². The van der Waals surface area contributed by atoms with Crippen molar-refractivity contribution >= 4 is 17.5 Å². The molecule has 5 nitrogen and oxygen atoms in total. The Bertz CT molecular complexity index is 558. The molecule has 0 saturated carbocycles. The van der Waals surface area contributed by atoms with Crippen molar-refractivity contribution in [3.8, 4) is 0 Å². The van der Waals surface area contributed by atoms with Gasteiger partial charge in [0, 0.05) is 18.6 Å². The van der Waals surface area contributed by atoms with Crippen molar-refractivity contribution in [2.45, 2.75) is 46.1 Å². The van der Waals surface area contributed by atoms with Gasteiger partial charge in [-0.15, -0.1) is 0 Å². The molecular formula is C18H26N2O3.